The van der Waals surface area contributed by atoms with E-state index in [1.54, 1.807) is 0 Å². The van der Waals surface area contributed by atoms with Gasteiger partial charge in [0.05, 0.1) is 5.88 Å². The summed E-state index contributed by atoms with van der Waals surface area (Å²) in [6.45, 7) is 0. The molecule has 1 nitrogen and oxygen atoms in total. The van der Waals surface area contributed by atoms with Crippen molar-refractivity contribution in [3.05, 3.63) is 60.4 Å². The molecule has 0 fully saturated rings. The maximum atomic E-state index is 5.96. The SMILES string of the molecule is ClCc1oc2ccccc2c1-c1ccccc1. The molecule has 1 aromatic heterocycles. The molecule has 0 amide bonds. The van der Waals surface area contributed by atoms with Crippen LogP contribution in [0.15, 0.2) is 59.0 Å². The second-order valence-corrected chi connectivity index (χ2v) is 4.16. The Balaban J connectivity index is 2.34. The minimum atomic E-state index is 0.388. The van der Waals surface area contributed by atoms with E-state index in [2.05, 4.69) is 18.2 Å². The van der Waals surface area contributed by atoms with Crippen molar-refractivity contribution in [2.45, 2.75) is 5.88 Å². The second-order valence-electron chi connectivity index (χ2n) is 3.90. The van der Waals surface area contributed by atoms with Crippen LogP contribution in [0.3, 0.4) is 0 Å². The van der Waals surface area contributed by atoms with Crippen LogP contribution in [0.2, 0.25) is 0 Å². The fourth-order valence-electron chi connectivity index (χ4n) is 2.11. The van der Waals surface area contributed by atoms with Gasteiger partial charge >= 0.3 is 0 Å². The summed E-state index contributed by atoms with van der Waals surface area (Å²) in [4.78, 5) is 0. The predicted molar refractivity (Wildman–Crippen MR) is 71.2 cm³/mol. The number of alkyl halides is 1. The van der Waals surface area contributed by atoms with Gasteiger partial charge in [0.25, 0.3) is 0 Å². The molecule has 3 rings (SSSR count). The topological polar surface area (TPSA) is 13.1 Å². The zero-order valence-corrected chi connectivity index (χ0v) is 9.95. The molecule has 0 aliphatic rings. The second kappa shape index (κ2) is 4.27. The average molecular weight is 243 g/mol. The molecular formula is C15H11ClO. The molecule has 3 aromatic rings. The smallest absolute Gasteiger partial charge is 0.134 e. The van der Waals surface area contributed by atoms with E-state index in [9.17, 15) is 0 Å². The van der Waals surface area contributed by atoms with Crippen molar-refractivity contribution >= 4 is 22.6 Å². The van der Waals surface area contributed by atoms with E-state index in [-0.39, 0.29) is 0 Å². The Kier molecular flexibility index (Phi) is 2.62. The Morgan fingerprint density at radius 1 is 0.882 bits per heavy atom. The third-order valence-electron chi connectivity index (χ3n) is 2.85. The molecule has 0 spiro atoms. The Hall–Kier alpha value is -1.73. The summed E-state index contributed by atoms with van der Waals surface area (Å²) in [7, 11) is 0. The molecule has 0 unspecified atom stereocenters. The van der Waals surface area contributed by atoms with E-state index < -0.39 is 0 Å². The van der Waals surface area contributed by atoms with Crippen LogP contribution in [0, 0.1) is 0 Å². The highest BCUT2D eigenvalue weighted by Crippen LogP contribution is 2.35. The third kappa shape index (κ3) is 1.73. The Labute approximate surface area is 105 Å². The van der Waals surface area contributed by atoms with Gasteiger partial charge < -0.3 is 4.42 Å². The summed E-state index contributed by atoms with van der Waals surface area (Å²) in [6.07, 6.45) is 0. The molecular weight excluding hydrogens is 232 g/mol. The van der Waals surface area contributed by atoms with Crippen LogP contribution in [0.5, 0.6) is 0 Å². The van der Waals surface area contributed by atoms with Crippen molar-refractivity contribution < 1.29 is 4.42 Å². The maximum absolute atomic E-state index is 5.96. The van der Waals surface area contributed by atoms with Crippen LogP contribution in [0.1, 0.15) is 5.76 Å². The normalized spacial score (nSPS) is 10.9. The van der Waals surface area contributed by atoms with E-state index >= 15 is 0 Å². The minimum Gasteiger partial charge on any atom is -0.459 e. The fourth-order valence-corrected chi connectivity index (χ4v) is 2.30. The lowest BCUT2D eigenvalue weighted by molar-refractivity contribution is 0.574. The molecule has 0 aliphatic heterocycles. The zero-order chi connectivity index (χ0) is 11.7. The average Bonchev–Trinajstić information content (AvgIpc) is 2.78. The quantitative estimate of drug-likeness (QED) is 0.586. The van der Waals surface area contributed by atoms with Crippen molar-refractivity contribution in [1.82, 2.24) is 0 Å². The summed E-state index contributed by atoms with van der Waals surface area (Å²) >= 11 is 5.96. The van der Waals surface area contributed by atoms with Gasteiger partial charge in [0.15, 0.2) is 0 Å². The van der Waals surface area contributed by atoms with Crippen LogP contribution in [-0.4, -0.2) is 0 Å². The highest BCUT2D eigenvalue weighted by Gasteiger charge is 2.14. The first-order valence-corrected chi connectivity index (χ1v) is 6.05. The van der Waals surface area contributed by atoms with Gasteiger partial charge in [-0.15, -0.1) is 11.6 Å². The number of furan rings is 1. The number of hydrogen-bond acceptors (Lipinski definition) is 1. The van der Waals surface area contributed by atoms with Gasteiger partial charge in [-0.25, -0.2) is 0 Å². The lowest BCUT2D eigenvalue weighted by Crippen LogP contribution is -1.80. The molecule has 2 heteroatoms. The van der Waals surface area contributed by atoms with E-state index in [1.807, 2.05) is 36.4 Å². The summed E-state index contributed by atoms with van der Waals surface area (Å²) < 4.78 is 5.77. The van der Waals surface area contributed by atoms with Gasteiger partial charge in [0.2, 0.25) is 0 Å². The number of para-hydroxylation sites is 1. The predicted octanol–water partition coefficient (Wildman–Crippen LogP) is 4.84. The lowest BCUT2D eigenvalue weighted by Gasteiger charge is -2.00. The van der Waals surface area contributed by atoms with Crippen molar-refractivity contribution in [2.24, 2.45) is 0 Å². The van der Waals surface area contributed by atoms with Crippen molar-refractivity contribution in [2.75, 3.05) is 0 Å². The number of rotatable bonds is 2. The number of hydrogen-bond donors (Lipinski definition) is 0. The van der Waals surface area contributed by atoms with Crippen LogP contribution in [-0.2, 0) is 5.88 Å². The molecule has 0 bridgehead atoms. The van der Waals surface area contributed by atoms with Crippen molar-refractivity contribution in [3.8, 4) is 11.1 Å². The van der Waals surface area contributed by atoms with Gasteiger partial charge in [-0.05, 0) is 11.6 Å². The van der Waals surface area contributed by atoms with Gasteiger partial charge in [0.1, 0.15) is 11.3 Å². The van der Waals surface area contributed by atoms with Crippen molar-refractivity contribution in [3.63, 3.8) is 0 Å². The van der Waals surface area contributed by atoms with Gasteiger partial charge in [-0.1, -0.05) is 48.5 Å². The Morgan fingerprint density at radius 3 is 2.35 bits per heavy atom. The van der Waals surface area contributed by atoms with Gasteiger partial charge in [0, 0.05) is 10.9 Å². The molecule has 17 heavy (non-hydrogen) atoms. The van der Waals surface area contributed by atoms with E-state index in [0.717, 1.165) is 27.9 Å². The molecule has 0 atom stereocenters. The number of benzene rings is 2. The van der Waals surface area contributed by atoms with Crippen LogP contribution >= 0.6 is 11.6 Å². The molecule has 1 heterocycles. The monoisotopic (exact) mass is 242 g/mol. The summed E-state index contributed by atoms with van der Waals surface area (Å²) in [5.74, 6) is 1.22. The fraction of sp³-hybridized carbons (Fsp3) is 0.0667. The summed E-state index contributed by atoms with van der Waals surface area (Å²) in [6, 6.07) is 18.2. The molecule has 2 aromatic carbocycles. The largest absolute Gasteiger partial charge is 0.459 e. The molecule has 0 aliphatic carbocycles. The first-order chi connectivity index (χ1) is 8.40. The molecule has 0 N–H and O–H groups in total. The number of halogens is 1. The molecule has 0 saturated heterocycles. The van der Waals surface area contributed by atoms with E-state index in [0.29, 0.717) is 5.88 Å². The Bertz CT molecular complexity index is 640. The first kappa shape index (κ1) is 10.4. The standard InChI is InChI=1S/C15H11ClO/c16-10-14-15(11-6-2-1-3-7-11)12-8-4-5-9-13(12)17-14/h1-9H,10H2. The van der Waals surface area contributed by atoms with Crippen LogP contribution in [0.4, 0.5) is 0 Å². The molecule has 0 radical (unpaired) electrons. The maximum Gasteiger partial charge on any atom is 0.134 e. The lowest BCUT2D eigenvalue weighted by atomic mass is 10.0. The Morgan fingerprint density at radius 2 is 1.59 bits per heavy atom. The first-order valence-electron chi connectivity index (χ1n) is 5.52. The van der Waals surface area contributed by atoms with Gasteiger partial charge in [-0.3, -0.25) is 0 Å². The van der Waals surface area contributed by atoms with Crippen molar-refractivity contribution in [1.29, 1.82) is 0 Å². The van der Waals surface area contributed by atoms with E-state index in [4.69, 9.17) is 16.0 Å². The van der Waals surface area contributed by atoms with Crippen LogP contribution in [0.25, 0.3) is 22.1 Å². The van der Waals surface area contributed by atoms with Gasteiger partial charge in [-0.2, -0.15) is 0 Å². The molecule has 0 saturated carbocycles. The van der Waals surface area contributed by atoms with E-state index in [1.165, 1.54) is 0 Å². The minimum absolute atomic E-state index is 0.388. The highest BCUT2D eigenvalue weighted by molar-refractivity contribution is 6.17. The summed E-state index contributed by atoms with van der Waals surface area (Å²) in [5.41, 5.74) is 3.14. The zero-order valence-electron chi connectivity index (χ0n) is 9.19. The highest BCUT2D eigenvalue weighted by atomic mass is 35.5. The number of fused-ring (bicyclic) bond motifs is 1. The summed E-state index contributed by atoms with van der Waals surface area (Å²) in [5, 5.41) is 1.12. The third-order valence-corrected chi connectivity index (χ3v) is 3.09. The molecule has 84 valence electrons. The van der Waals surface area contributed by atoms with Crippen LogP contribution < -0.4 is 0 Å².